The third kappa shape index (κ3) is 10.3. The molecule has 0 bridgehead atoms. The Balaban J connectivity index is 3.49. The van der Waals surface area contributed by atoms with E-state index in [4.69, 9.17) is 0 Å². The summed E-state index contributed by atoms with van der Waals surface area (Å²) in [6, 6.07) is 0. The molecule has 0 spiro atoms. The molecule has 21 heavy (non-hydrogen) atoms. The lowest BCUT2D eigenvalue weighted by Gasteiger charge is -2.19. The average Bonchev–Trinajstić information content (AvgIpc) is 2.36. The number of thioether (sulfide) groups is 1. The van der Waals surface area contributed by atoms with Gasteiger partial charge in [0, 0.05) is 6.42 Å². The zero-order chi connectivity index (χ0) is 16.4. The molecule has 0 saturated heterocycles. The van der Waals surface area contributed by atoms with Gasteiger partial charge in [-0.3, -0.25) is 0 Å². The lowest BCUT2D eigenvalue weighted by Crippen LogP contribution is -2.36. The highest BCUT2D eigenvalue weighted by Crippen LogP contribution is 2.39. The van der Waals surface area contributed by atoms with Gasteiger partial charge in [0.05, 0.1) is 0 Å². The van der Waals surface area contributed by atoms with Crippen LogP contribution in [-0.4, -0.2) is 48.6 Å². The van der Waals surface area contributed by atoms with Crippen LogP contribution in [0.25, 0.3) is 0 Å². The van der Waals surface area contributed by atoms with Crippen molar-refractivity contribution in [3.05, 3.63) is 0 Å². The van der Waals surface area contributed by atoms with Crippen LogP contribution in [0, 0.1) is 0 Å². The molecule has 0 aromatic heterocycles. The van der Waals surface area contributed by atoms with Gasteiger partial charge in [-0.15, -0.1) is 0 Å². The maximum absolute atomic E-state index is 12.6. The second-order valence-corrected chi connectivity index (χ2v) is 6.51. The van der Waals surface area contributed by atoms with E-state index in [0.717, 1.165) is 25.3 Å². The Labute approximate surface area is 128 Å². The lowest BCUT2D eigenvalue weighted by atomic mass is 10.2. The summed E-state index contributed by atoms with van der Waals surface area (Å²) in [6.07, 6.45) is -2.13. The first kappa shape index (κ1) is 21.0. The van der Waals surface area contributed by atoms with E-state index in [1.807, 2.05) is 7.05 Å². The molecule has 0 aliphatic heterocycles. The van der Waals surface area contributed by atoms with E-state index in [-0.39, 0.29) is 6.42 Å². The van der Waals surface area contributed by atoms with Crippen LogP contribution in [-0.2, 0) is 0 Å². The van der Waals surface area contributed by atoms with E-state index < -0.39 is 18.5 Å². The third-order valence-electron chi connectivity index (χ3n) is 3.17. The summed E-state index contributed by atoms with van der Waals surface area (Å²) in [6.45, 7) is 4.14. The van der Waals surface area contributed by atoms with Gasteiger partial charge in [-0.25, -0.2) is 0 Å². The number of hydrogen-bond donors (Lipinski definition) is 0. The summed E-state index contributed by atoms with van der Waals surface area (Å²) >= 11 is 1.45. The zero-order valence-electron chi connectivity index (χ0n) is 12.8. The van der Waals surface area contributed by atoms with Gasteiger partial charge in [-0.1, -0.05) is 19.8 Å². The maximum atomic E-state index is 12.6. The highest BCUT2D eigenvalue weighted by molar-refractivity contribution is 7.99. The first-order chi connectivity index (χ1) is 9.70. The molecule has 0 heterocycles. The highest BCUT2D eigenvalue weighted by Gasteiger charge is 2.56. The lowest BCUT2D eigenvalue weighted by molar-refractivity contribution is -0.284. The fourth-order valence-electron chi connectivity index (χ4n) is 1.82. The Morgan fingerprint density at radius 1 is 0.857 bits per heavy atom. The number of nitrogens with zero attached hydrogens (tertiary/aromatic N) is 1. The smallest absolute Gasteiger partial charge is 0.306 e. The van der Waals surface area contributed by atoms with E-state index in [2.05, 4.69) is 11.8 Å². The second kappa shape index (κ2) is 10.6. The molecule has 0 rings (SSSR count). The molecule has 0 radical (unpaired) electrons. The van der Waals surface area contributed by atoms with Crippen molar-refractivity contribution in [2.75, 3.05) is 31.6 Å². The zero-order valence-corrected chi connectivity index (χ0v) is 13.6. The molecule has 0 aliphatic rings. The minimum Gasteiger partial charge on any atom is -0.306 e. The molecule has 0 aliphatic carbocycles. The van der Waals surface area contributed by atoms with Gasteiger partial charge < -0.3 is 4.90 Å². The molecule has 0 fully saturated rings. The second-order valence-electron chi connectivity index (χ2n) is 5.28. The number of rotatable bonds is 12. The van der Waals surface area contributed by atoms with Crippen molar-refractivity contribution in [1.82, 2.24) is 4.90 Å². The quantitative estimate of drug-likeness (QED) is 0.356. The molecule has 128 valence electrons. The summed E-state index contributed by atoms with van der Waals surface area (Å²) in [5.74, 6) is -3.39. The number of unbranched alkanes of at least 4 members (excludes halogenated alkanes) is 2. The van der Waals surface area contributed by atoms with Crippen molar-refractivity contribution in [3.8, 4) is 0 Å². The molecular formula is C14H26F5NS. The Bertz CT molecular complexity index is 258. The fourth-order valence-corrected chi connectivity index (χ4v) is 2.71. The maximum Gasteiger partial charge on any atom is 0.453 e. The van der Waals surface area contributed by atoms with Crippen LogP contribution in [0.3, 0.4) is 0 Å². The van der Waals surface area contributed by atoms with Gasteiger partial charge in [0.25, 0.3) is 0 Å². The number of hydrogen-bond acceptors (Lipinski definition) is 2. The predicted molar refractivity (Wildman–Crippen MR) is 79.2 cm³/mol. The number of halogens is 5. The van der Waals surface area contributed by atoms with Crippen LogP contribution in [0.5, 0.6) is 0 Å². The topological polar surface area (TPSA) is 3.24 Å². The van der Waals surface area contributed by atoms with E-state index in [1.165, 1.54) is 31.0 Å². The van der Waals surface area contributed by atoms with Crippen LogP contribution in [0.15, 0.2) is 0 Å². The van der Waals surface area contributed by atoms with Gasteiger partial charge in [0.15, 0.2) is 0 Å². The van der Waals surface area contributed by atoms with Gasteiger partial charge >= 0.3 is 12.1 Å². The molecule has 0 atom stereocenters. The molecule has 0 unspecified atom stereocenters. The third-order valence-corrected chi connectivity index (χ3v) is 4.32. The van der Waals surface area contributed by atoms with Crippen LogP contribution in [0.4, 0.5) is 22.0 Å². The first-order valence-electron chi connectivity index (χ1n) is 7.41. The predicted octanol–water partition coefficient (Wildman–Crippen LogP) is 5.21. The van der Waals surface area contributed by atoms with E-state index in [1.54, 1.807) is 0 Å². The summed E-state index contributed by atoms with van der Waals surface area (Å²) in [7, 11) is 2.05. The van der Waals surface area contributed by atoms with E-state index >= 15 is 0 Å². The summed E-state index contributed by atoms with van der Waals surface area (Å²) in [4.78, 5) is 2.23. The number of alkyl halides is 5. The van der Waals surface area contributed by atoms with E-state index in [9.17, 15) is 22.0 Å². The molecule has 7 heteroatoms. The van der Waals surface area contributed by atoms with Crippen molar-refractivity contribution in [1.29, 1.82) is 0 Å². The molecule has 0 aromatic rings. The Hall–Kier alpha value is -0.0400. The van der Waals surface area contributed by atoms with Crippen molar-refractivity contribution in [2.24, 2.45) is 0 Å². The van der Waals surface area contributed by atoms with Crippen LogP contribution in [0.1, 0.15) is 45.4 Å². The average molecular weight is 335 g/mol. The summed E-state index contributed by atoms with van der Waals surface area (Å²) < 4.78 is 61.0. The molecule has 0 N–H and O–H groups in total. The van der Waals surface area contributed by atoms with Crippen LogP contribution in [0.2, 0.25) is 0 Å². The van der Waals surface area contributed by atoms with Crippen molar-refractivity contribution < 1.29 is 22.0 Å². The minimum absolute atomic E-state index is 0.108. The molecular weight excluding hydrogens is 309 g/mol. The SMILES string of the molecule is CCCCCN(C)CCCSCCCC(F)(F)C(F)(F)F. The first-order valence-corrected chi connectivity index (χ1v) is 8.57. The molecule has 0 saturated carbocycles. The van der Waals surface area contributed by atoms with Crippen molar-refractivity contribution >= 4 is 11.8 Å². The van der Waals surface area contributed by atoms with Gasteiger partial charge in [0.1, 0.15) is 0 Å². The van der Waals surface area contributed by atoms with Gasteiger partial charge in [0.2, 0.25) is 0 Å². The molecule has 1 nitrogen and oxygen atoms in total. The van der Waals surface area contributed by atoms with Crippen LogP contribution >= 0.6 is 11.8 Å². The Morgan fingerprint density at radius 3 is 2.00 bits per heavy atom. The van der Waals surface area contributed by atoms with Crippen molar-refractivity contribution in [3.63, 3.8) is 0 Å². The van der Waals surface area contributed by atoms with Crippen molar-refractivity contribution in [2.45, 2.75) is 57.5 Å². The molecule has 0 amide bonds. The normalized spacial score (nSPS) is 13.1. The fraction of sp³-hybridized carbons (Fsp3) is 1.00. The summed E-state index contributed by atoms with van der Waals surface area (Å²) in [5, 5.41) is 0. The van der Waals surface area contributed by atoms with Crippen LogP contribution < -0.4 is 0 Å². The largest absolute Gasteiger partial charge is 0.453 e. The minimum atomic E-state index is -5.42. The Kier molecular flexibility index (Phi) is 10.6. The Morgan fingerprint density at radius 2 is 1.43 bits per heavy atom. The monoisotopic (exact) mass is 335 g/mol. The standard InChI is InChI=1S/C14H26F5NS/c1-3-4-5-9-20(2)10-7-12-21-11-6-8-13(15,16)14(17,18)19/h3-12H2,1-2H3. The molecule has 0 aromatic carbocycles. The van der Waals surface area contributed by atoms with E-state index in [0.29, 0.717) is 5.75 Å². The van der Waals surface area contributed by atoms with Gasteiger partial charge in [-0.05, 0) is 50.9 Å². The summed E-state index contributed by atoms with van der Waals surface area (Å²) in [5.41, 5.74) is 0. The highest BCUT2D eigenvalue weighted by atomic mass is 32.2. The van der Waals surface area contributed by atoms with Gasteiger partial charge in [-0.2, -0.15) is 33.7 Å².